The van der Waals surface area contributed by atoms with Crippen LogP contribution in [-0.4, -0.2) is 42.9 Å². The Balaban J connectivity index is 1.67. The van der Waals surface area contributed by atoms with Crippen molar-refractivity contribution in [3.05, 3.63) is 71.8 Å². The number of carbonyl (C=O) groups excluding carboxylic acids is 2. The Morgan fingerprint density at radius 3 is 2.30 bits per heavy atom. The fourth-order valence-corrected chi connectivity index (χ4v) is 2.82. The van der Waals surface area contributed by atoms with Crippen molar-refractivity contribution in [3.8, 4) is 0 Å². The number of ether oxygens (including phenoxy) is 2. The zero-order valence-electron chi connectivity index (χ0n) is 14.9. The van der Waals surface area contributed by atoms with Crippen molar-refractivity contribution in [2.45, 2.75) is 18.6 Å². The third-order valence-corrected chi connectivity index (χ3v) is 4.52. The van der Waals surface area contributed by atoms with Crippen molar-refractivity contribution in [3.63, 3.8) is 0 Å². The molecule has 1 saturated heterocycles. The maximum absolute atomic E-state index is 12.5. The van der Waals surface area contributed by atoms with Gasteiger partial charge in [0.2, 0.25) is 0 Å². The molecular weight excluding hydrogens is 346 g/mol. The van der Waals surface area contributed by atoms with Gasteiger partial charge < -0.3 is 19.9 Å². The Bertz CT molecular complexity index is 746. The topological polar surface area (TPSA) is 84.9 Å². The lowest BCUT2D eigenvalue weighted by atomic mass is 10.0. The summed E-state index contributed by atoms with van der Waals surface area (Å²) in [6.07, 6.45) is -0.803. The normalized spacial score (nSPS) is 16.0. The van der Waals surface area contributed by atoms with Gasteiger partial charge in [0.25, 0.3) is 5.91 Å². The monoisotopic (exact) mass is 369 g/mol. The van der Waals surface area contributed by atoms with Crippen molar-refractivity contribution in [1.82, 2.24) is 5.32 Å². The summed E-state index contributed by atoms with van der Waals surface area (Å²) in [5, 5.41) is 13.3. The quantitative estimate of drug-likeness (QED) is 0.696. The number of aliphatic hydroxyl groups excluding tert-OH is 1. The van der Waals surface area contributed by atoms with Crippen LogP contribution in [0.2, 0.25) is 0 Å². The molecule has 2 atom stereocenters. The van der Waals surface area contributed by atoms with E-state index in [-0.39, 0.29) is 12.5 Å². The standard InChI is InChI=1S/C21H23NO5/c23-19(21(25)27-12-11-15-13-26-14-15)18(16-7-3-1-4-8-16)22-20(24)17-9-5-2-6-10-17/h1-10,15,18-19,23H,11-14H2,(H,22,24)/t18-,19+/m0/s1. The minimum absolute atomic E-state index is 0.220. The molecule has 0 bridgehead atoms. The Morgan fingerprint density at radius 1 is 1.07 bits per heavy atom. The van der Waals surface area contributed by atoms with E-state index in [0.29, 0.717) is 36.7 Å². The zero-order valence-corrected chi connectivity index (χ0v) is 14.9. The Morgan fingerprint density at radius 2 is 1.70 bits per heavy atom. The Labute approximate surface area is 158 Å². The van der Waals surface area contributed by atoms with Gasteiger partial charge in [0.1, 0.15) is 0 Å². The SMILES string of the molecule is O=C(N[C@@H](c1ccccc1)[C@@H](O)C(=O)OCCC1COC1)c1ccccc1. The summed E-state index contributed by atoms with van der Waals surface area (Å²) >= 11 is 0. The molecule has 142 valence electrons. The molecule has 3 rings (SSSR count). The second-order valence-corrected chi connectivity index (χ2v) is 6.53. The largest absolute Gasteiger partial charge is 0.464 e. The molecule has 0 unspecified atom stereocenters. The molecule has 1 fully saturated rings. The second-order valence-electron chi connectivity index (χ2n) is 6.53. The third-order valence-electron chi connectivity index (χ3n) is 4.52. The van der Waals surface area contributed by atoms with Crippen LogP contribution in [0.25, 0.3) is 0 Å². The fourth-order valence-electron chi connectivity index (χ4n) is 2.82. The molecule has 2 N–H and O–H groups in total. The van der Waals surface area contributed by atoms with Gasteiger partial charge in [0, 0.05) is 11.5 Å². The lowest BCUT2D eigenvalue weighted by molar-refractivity contribution is -0.156. The molecule has 0 radical (unpaired) electrons. The molecule has 2 aromatic carbocycles. The Hall–Kier alpha value is -2.70. The maximum Gasteiger partial charge on any atom is 0.337 e. The first-order valence-electron chi connectivity index (χ1n) is 8.98. The number of benzene rings is 2. The van der Waals surface area contributed by atoms with Crippen LogP contribution in [0.3, 0.4) is 0 Å². The van der Waals surface area contributed by atoms with Crippen LogP contribution in [0.1, 0.15) is 28.4 Å². The van der Waals surface area contributed by atoms with E-state index in [9.17, 15) is 14.7 Å². The highest BCUT2D eigenvalue weighted by molar-refractivity contribution is 5.94. The van der Waals surface area contributed by atoms with E-state index in [1.165, 1.54) is 0 Å². The van der Waals surface area contributed by atoms with E-state index < -0.39 is 18.1 Å². The number of hydrogen-bond donors (Lipinski definition) is 2. The molecule has 1 amide bonds. The van der Waals surface area contributed by atoms with Gasteiger partial charge in [-0.05, 0) is 24.1 Å². The van der Waals surface area contributed by atoms with Gasteiger partial charge in [-0.25, -0.2) is 4.79 Å². The summed E-state index contributed by atoms with van der Waals surface area (Å²) in [5.74, 6) is -0.724. The van der Waals surface area contributed by atoms with Gasteiger partial charge in [-0.1, -0.05) is 48.5 Å². The minimum Gasteiger partial charge on any atom is -0.464 e. The minimum atomic E-state index is -1.50. The first-order valence-corrected chi connectivity index (χ1v) is 8.98. The van der Waals surface area contributed by atoms with E-state index in [0.717, 1.165) is 0 Å². The molecule has 0 aromatic heterocycles. The van der Waals surface area contributed by atoms with E-state index in [1.807, 2.05) is 12.1 Å². The highest BCUT2D eigenvalue weighted by Gasteiger charge is 2.31. The molecular formula is C21H23NO5. The first kappa shape index (κ1) is 19.1. The molecule has 0 saturated carbocycles. The molecule has 1 heterocycles. The highest BCUT2D eigenvalue weighted by Crippen LogP contribution is 2.20. The van der Waals surface area contributed by atoms with Crippen LogP contribution in [-0.2, 0) is 14.3 Å². The van der Waals surface area contributed by atoms with Crippen molar-refractivity contribution >= 4 is 11.9 Å². The predicted octanol–water partition coefficient (Wildman–Crippen LogP) is 2.10. The van der Waals surface area contributed by atoms with Gasteiger partial charge >= 0.3 is 5.97 Å². The van der Waals surface area contributed by atoms with Crippen LogP contribution < -0.4 is 5.32 Å². The maximum atomic E-state index is 12.5. The van der Waals surface area contributed by atoms with E-state index >= 15 is 0 Å². The summed E-state index contributed by atoms with van der Waals surface area (Å²) in [4.78, 5) is 24.8. The van der Waals surface area contributed by atoms with Crippen molar-refractivity contribution < 1.29 is 24.2 Å². The summed E-state index contributed by atoms with van der Waals surface area (Å²) in [6.45, 7) is 1.58. The molecule has 1 aliphatic heterocycles. The van der Waals surface area contributed by atoms with E-state index in [2.05, 4.69) is 5.32 Å². The summed E-state index contributed by atoms with van der Waals surface area (Å²) in [6, 6.07) is 16.6. The van der Waals surface area contributed by atoms with Gasteiger partial charge in [-0.2, -0.15) is 0 Å². The average Bonchev–Trinajstić information content (AvgIpc) is 2.68. The van der Waals surface area contributed by atoms with Crippen LogP contribution in [0, 0.1) is 5.92 Å². The second kappa shape index (κ2) is 9.30. The number of aliphatic hydroxyl groups is 1. The van der Waals surface area contributed by atoms with Gasteiger partial charge in [-0.15, -0.1) is 0 Å². The van der Waals surface area contributed by atoms with E-state index in [4.69, 9.17) is 9.47 Å². The molecule has 27 heavy (non-hydrogen) atoms. The average molecular weight is 369 g/mol. The van der Waals surface area contributed by atoms with Crippen LogP contribution >= 0.6 is 0 Å². The molecule has 2 aromatic rings. The molecule has 0 aliphatic carbocycles. The summed E-state index contributed by atoms with van der Waals surface area (Å²) < 4.78 is 10.3. The van der Waals surface area contributed by atoms with Crippen LogP contribution in [0.15, 0.2) is 60.7 Å². The third kappa shape index (κ3) is 5.15. The van der Waals surface area contributed by atoms with Gasteiger partial charge in [0.15, 0.2) is 6.10 Å². The van der Waals surface area contributed by atoms with Gasteiger partial charge in [0.05, 0.1) is 25.9 Å². The van der Waals surface area contributed by atoms with E-state index in [1.54, 1.807) is 48.5 Å². The number of hydrogen-bond acceptors (Lipinski definition) is 5. The lowest BCUT2D eigenvalue weighted by Crippen LogP contribution is -2.41. The fraction of sp³-hybridized carbons (Fsp3) is 0.333. The van der Waals surface area contributed by atoms with Crippen LogP contribution in [0.4, 0.5) is 0 Å². The number of carbonyl (C=O) groups is 2. The Kier molecular flexibility index (Phi) is 6.57. The molecule has 6 heteroatoms. The number of amides is 1. The number of nitrogens with one attached hydrogen (secondary N) is 1. The predicted molar refractivity (Wildman–Crippen MR) is 99.0 cm³/mol. The highest BCUT2D eigenvalue weighted by atomic mass is 16.5. The molecule has 0 spiro atoms. The summed E-state index contributed by atoms with van der Waals surface area (Å²) in [5.41, 5.74) is 1.07. The van der Waals surface area contributed by atoms with Crippen molar-refractivity contribution in [1.29, 1.82) is 0 Å². The summed E-state index contributed by atoms with van der Waals surface area (Å²) in [7, 11) is 0. The zero-order chi connectivity index (χ0) is 19.1. The lowest BCUT2D eigenvalue weighted by Gasteiger charge is -2.26. The number of rotatable bonds is 8. The molecule has 1 aliphatic rings. The first-order chi connectivity index (χ1) is 13.1. The molecule has 6 nitrogen and oxygen atoms in total. The smallest absolute Gasteiger partial charge is 0.337 e. The van der Waals surface area contributed by atoms with Crippen LogP contribution in [0.5, 0.6) is 0 Å². The van der Waals surface area contributed by atoms with Gasteiger partial charge in [-0.3, -0.25) is 4.79 Å². The van der Waals surface area contributed by atoms with Crippen molar-refractivity contribution in [2.24, 2.45) is 5.92 Å². The van der Waals surface area contributed by atoms with Crippen molar-refractivity contribution in [2.75, 3.05) is 19.8 Å². The number of esters is 1.